The summed E-state index contributed by atoms with van der Waals surface area (Å²) < 4.78 is 27.4. The van der Waals surface area contributed by atoms with Gasteiger partial charge in [-0.3, -0.25) is 0 Å². The summed E-state index contributed by atoms with van der Waals surface area (Å²) in [5, 5.41) is 0. The molecule has 0 aliphatic heterocycles. The minimum Gasteiger partial charge on any atom is -0.377 e. The Labute approximate surface area is 94.4 Å². The van der Waals surface area contributed by atoms with Crippen molar-refractivity contribution < 1.29 is 13.2 Å². The predicted molar refractivity (Wildman–Crippen MR) is 59.5 cm³/mol. The fourth-order valence-electron chi connectivity index (χ4n) is 1.40. The molecule has 1 rings (SSSR count). The number of halogens is 1. The molecule has 84 valence electrons. The topological polar surface area (TPSA) is 43.4 Å². The Kier molecular flexibility index (Phi) is 4.13. The van der Waals surface area contributed by atoms with Crippen molar-refractivity contribution in [1.29, 1.82) is 0 Å². The van der Waals surface area contributed by atoms with E-state index in [4.69, 9.17) is 15.4 Å². The van der Waals surface area contributed by atoms with Crippen molar-refractivity contribution in [2.45, 2.75) is 24.3 Å². The zero-order valence-electron chi connectivity index (χ0n) is 8.60. The molecular weight excluding hydrogens is 236 g/mol. The van der Waals surface area contributed by atoms with Crippen LogP contribution in [0.5, 0.6) is 0 Å². The first-order valence-electron chi connectivity index (χ1n) is 4.56. The molecule has 5 heteroatoms. The largest absolute Gasteiger partial charge is 0.377 e. The van der Waals surface area contributed by atoms with Crippen LogP contribution in [0.15, 0.2) is 29.2 Å². The highest BCUT2D eigenvalue weighted by atomic mass is 35.7. The first kappa shape index (κ1) is 12.5. The van der Waals surface area contributed by atoms with Gasteiger partial charge in [0.15, 0.2) is 0 Å². The minimum absolute atomic E-state index is 0.0941. The molecule has 15 heavy (non-hydrogen) atoms. The van der Waals surface area contributed by atoms with Gasteiger partial charge in [-0.2, -0.15) is 0 Å². The van der Waals surface area contributed by atoms with Crippen molar-refractivity contribution in [3.63, 3.8) is 0 Å². The maximum atomic E-state index is 11.1. The summed E-state index contributed by atoms with van der Waals surface area (Å²) in [5.74, 6) is 0. The summed E-state index contributed by atoms with van der Waals surface area (Å²) in [6.45, 7) is 1.97. The van der Waals surface area contributed by atoms with E-state index in [1.165, 1.54) is 6.07 Å². The van der Waals surface area contributed by atoms with Crippen LogP contribution in [-0.2, 0) is 13.8 Å². The molecule has 0 saturated carbocycles. The second-order valence-electron chi connectivity index (χ2n) is 3.14. The van der Waals surface area contributed by atoms with Gasteiger partial charge >= 0.3 is 0 Å². The maximum absolute atomic E-state index is 11.1. The van der Waals surface area contributed by atoms with Gasteiger partial charge in [-0.15, -0.1) is 0 Å². The van der Waals surface area contributed by atoms with Gasteiger partial charge in [0.1, 0.15) is 0 Å². The standard InChI is InChI=1S/C10H13ClO3S/c1-3-10(14-2)8-5-4-6-9(7-8)15(11,12)13/h4-7,10H,3H2,1-2H3/t10-/m0/s1. The molecule has 0 spiro atoms. The number of benzene rings is 1. The molecule has 3 nitrogen and oxygen atoms in total. The molecule has 0 radical (unpaired) electrons. The summed E-state index contributed by atoms with van der Waals surface area (Å²) in [4.78, 5) is 0.108. The molecule has 0 amide bonds. The molecule has 0 fully saturated rings. The highest BCUT2D eigenvalue weighted by Gasteiger charge is 2.13. The molecule has 0 unspecified atom stereocenters. The van der Waals surface area contributed by atoms with Gasteiger partial charge in [0.25, 0.3) is 9.05 Å². The van der Waals surface area contributed by atoms with Gasteiger partial charge in [0.05, 0.1) is 11.0 Å². The van der Waals surface area contributed by atoms with Crippen LogP contribution >= 0.6 is 10.7 Å². The maximum Gasteiger partial charge on any atom is 0.261 e. The summed E-state index contributed by atoms with van der Waals surface area (Å²) >= 11 is 0. The Balaban J connectivity index is 3.13. The van der Waals surface area contributed by atoms with E-state index in [-0.39, 0.29) is 11.0 Å². The first-order chi connectivity index (χ1) is 6.99. The van der Waals surface area contributed by atoms with Crippen molar-refractivity contribution in [3.05, 3.63) is 29.8 Å². The third-order valence-electron chi connectivity index (χ3n) is 2.17. The summed E-state index contributed by atoms with van der Waals surface area (Å²) in [6.07, 6.45) is 0.686. The third-order valence-corrected chi connectivity index (χ3v) is 3.52. The van der Waals surface area contributed by atoms with Crippen molar-refractivity contribution in [1.82, 2.24) is 0 Å². The average molecular weight is 249 g/mol. The van der Waals surface area contributed by atoms with Gasteiger partial charge in [0, 0.05) is 17.8 Å². The smallest absolute Gasteiger partial charge is 0.261 e. The molecule has 0 saturated heterocycles. The highest BCUT2D eigenvalue weighted by molar-refractivity contribution is 8.13. The van der Waals surface area contributed by atoms with Crippen molar-refractivity contribution in [2.24, 2.45) is 0 Å². The molecule has 0 aliphatic carbocycles. The molecule has 1 aromatic rings. The Bertz CT molecular complexity index is 424. The van der Waals surface area contributed by atoms with Gasteiger partial charge in [-0.05, 0) is 24.1 Å². The van der Waals surface area contributed by atoms with Crippen LogP contribution in [0.3, 0.4) is 0 Å². The fourth-order valence-corrected chi connectivity index (χ4v) is 2.21. The summed E-state index contributed by atoms with van der Waals surface area (Å²) in [5.41, 5.74) is 0.821. The lowest BCUT2D eigenvalue weighted by Crippen LogP contribution is -2.01. The highest BCUT2D eigenvalue weighted by Crippen LogP contribution is 2.24. The van der Waals surface area contributed by atoms with E-state index in [2.05, 4.69) is 0 Å². The van der Waals surface area contributed by atoms with Crippen molar-refractivity contribution in [2.75, 3.05) is 7.11 Å². The second kappa shape index (κ2) is 4.96. The molecule has 1 aromatic carbocycles. The SMILES string of the molecule is CC[C@H](OC)c1cccc(S(=O)(=O)Cl)c1. The van der Waals surface area contributed by atoms with Crippen LogP contribution in [0.25, 0.3) is 0 Å². The van der Waals surface area contributed by atoms with E-state index in [1.54, 1.807) is 19.2 Å². The van der Waals surface area contributed by atoms with E-state index in [9.17, 15) is 8.42 Å². The quantitative estimate of drug-likeness (QED) is 0.770. The summed E-state index contributed by atoms with van der Waals surface area (Å²) in [7, 11) is 3.19. The lowest BCUT2D eigenvalue weighted by atomic mass is 10.1. The third kappa shape index (κ3) is 3.19. The summed E-state index contributed by atoms with van der Waals surface area (Å²) in [6, 6.07) is 6.49. The van der Waals surface area contributed by atoms with Gasteiger partial charge in [0.2, 0.25) is 0 Å². The zero-order valence-corrected chi connectivity index (χ0v) is 10.2. The number of rotatable bonds is 4. The molecule has 0 N–H and O–H groups in total. The predicted octanol–water partition coefficient (Wildman–Crippen LogP) is 2.71. The monoisotopic (exact) mass is 248 g/mol. The minimum atomic E-state index is -3.66. The average Bonchev–Trinajstić information content (AvgIpc) is 2.19. The Morgan fingerprint density at radius 1 is 1.47 bits per heavy atom. The van der Waals surface area contributed by atoms with Gasteiger partial charge in [-0.25, -0.2) is 8.42 Å². The number of hydrogen-bond acceptors (Lipinski definition) is 3. The lowest BCUT2D eigenvalue weighted by molar-refractivity contribution is 0.0999. The first-order valence-corrected chi connectivity index (χ1v) is 6.87. The van der Waals surface area contributed by atoms with Gasteiger partial charge in [-0.1, -0.05) is 19.1 Å². The molecule has 0 heterocycles. The van der Waals surface area contributed by atoms with E-state index in [0.717, 1.165) is 12.0 Å². The lowest BCUT2D eigenvalue weighted by Gasteiger charge is -2.13. The Morgan fingerprint density at radius 3 is 2.60 bits per heavy atom. The second-order valence-corrected chi connectivity index (χ2v) is 5.71. The number of methoxy groups -OCH3 is 1. The molecule has 1 atom stereocenters. The van der Waals surface area contributed by atoms with E-state index in [0.29, 0.717) is 0 Å². The van der Waals surface area contributed by atoms with Crippen LogP contribution in [0.2, 0.25) is 0 Å². The van der Waals surface area contributed by atoms with Gasteiger partial charge < -0.3 is 4.74 Å². The molecule has 0 bridgehead atoms. The Hall–Kier alpha value is -0.580. The number of hydrogen-bond donors (Lipinski definition) is 0. The van der Waals surface area contributed by atoms with Crippen LogP contribution in [0.4, 0.5) is 0 Å². The number of ether oxygens (including phenoxy) is 1. The van der Waals surface area contributed by atoms with E-state index in [1.807, 2.05) is 13.0 Å². The molecule has 0 aromatic heterocycles. The van der Waals surface area contributed by atoms with Crippen molar-refractivity contribution in [3.8, 4) is 0 Å². The fraction of sp³-hybridized carbons (Fsp3) is 0.400. The van der Waals surface area contributed by atoms with Crippen LogP contribution in [0.1, 0.15) is 25.0 Å². The van der Waals surface area contributed by atoms with E-state index < -0.39 is 9.05 Å². The molecular formula is C10H13ClO3S. The Morgan fingerprint density at radius 2 is 2.13 bits per heavy atom. The van der Waals surface area contributed by atoms with Crippen LogP contribution < -0.4 is 0 Å². The van der Waals surface area contributed by atoms with Crippen molar-refractivity contribution >= 4 is 19.7 Å². The normalized spacial score (nSPS) is 13.8. The zero-order chi connectivity index (χ0) is 11.5. The van der Waals surface area contributed by atoms with Crippen LogP contribution in [0, 0.1) is 0 Å². The van der Waals surface area contributed by atoms with E-state index >= 15 is 0 Å². The van der Waals surface area contributed by atoms with Crippen LogP contribution in [-0.4, -0.2) is 15.5 Å². The molecule has 0 aliphatic rings.